The Kier molecular flexibility index (Phi) is 6.34. The molecule has 1 unspecified atom stereocenters. The Labute approximate surface area is 130 Å². The molecule has 9 heteroatoms. The fourth-order valence-corrected chi connectivity index (χ4v) is 1.83. The van der Waals surface area contributed by atoms with Gasteiger partial charge in [0.1, 0.15) is 11.4 Å². The number of hydrogen-bond donors (Lipinski definition) is 2. The van der Waals surface area contributed by atoms with Gasteiger partial charge in [-0.3, -0.25) is 14.9 Å². The number of carbonyl (C=O) groups is 2. The third kappa shape index (κ3) is 4.85. The van der Waals surface area contributed by atoms with E-state index < -0.39 is 39.9 Å². The minimum atomic E-state index is -1.44. The maximum Gasteiger partial charge on any atom is 0.328 e. The van der Waals surface area contributed by atoms with Crippen LogP contribution in [0.2, 0.25) is 0 Å². The average Bonchev–Trinajstić information content (AvgIpc) is 2.44. The topological polar surface area (TPSA) is 119 Å². The summed E-state index contributed by atoms with van der Waals surface area (Å²) >= 11 is 0. The molecule has 2 N–H and O–H groups in total. The molecule has 0 aliphatic rings. The fraction of sp³-hybridized carbons (Fsp3) is 0.286. The first-order chi connectivity index (χ1) is 10.8. The number of ether oxygens (including phenoxy) is 1. The number of benzene rings is 1. The van der Waals surface area contributed by atoms with Gasteiger partial charge >= 0.3 is 5.97 Å². The number of nitro groups is 1. The van der Waals surface area contributed by atoms with Gasteiger partial charge in [-0.05, 0) is 19.1 Å². The molecule has 0 aliphatic heterocycles. The number of aliphatic carboxylic acids is 1. The monoisotopic (exact) mass is 326 g/mol. The highest BCUT2D eigenvalue weighted by molar-refractivity contribution is 6.00. The van der Waals surface area contributed by atoms with Gasteiger partial charge in [0.25, 0.3) is 11.6 Å². The number of aryl methyl sites for hydroxylation is 1. The Balaban J connectivity index is 3.06. The zero-order valence-electron chi connectivity index (χ0n) is 12.2. The zero-order valence-corrected chi connectivity index (χ0v) is 12.2. The van der Waals surface area contributed by atoms with E-state index in [9.17, 15) is 24.1 Å². The summed E-state index contributed by atoms with van der Waals surface area (Å²) in [4.78, 5) is 33.4. The Morgan fingerprint density at radius 2 is 2.22 bits per heavy atom. The highest BCUT2D eigenvalue weighted by Gasteiger charge is 2.28. The number of carboxylic acid groups (broad SMARTS) is 1. The van der Waals surface area contributed by atoms with E-state index in [-0.39, 0.29) is 18.8 Å². The van der Waals surface area contributed by atoms with Crippen LogP contribution >= 0.6 is 0 Å². The van der Waals surface area contributed by atoms with E-state index in [4.69, 9.17) is 9.84 Å². The third-order valence-electron chi connectivity index (χ3n) is 2.82. The van der Waals surface area contributed by atoms with E-state index in [1.807, 2.05) is 0 Å². The number of nitrogens with zero attached hydrogens (tertiary/aromatic N) is 1. The number of nitrogens with one attached hydrogen (secondary N) is 1. The van der Waals surface area contributed by atoms with Crippen LogP contribution in [0, 0.1) is 22.9 Å². The van der Waals surface area contributed by atoms with Crippen molar-refractivity contribution in [3.63, 3.8) is 0 Å². The third-order valence-corrected chi connectivity index (χ3v) is 2.82. The van der Waals surface area contributed by atoms with Crippen LogP contribution in [0.3, 0.4) is 0 Å². The lowest BCUT2D eigenvalue weighted by atomic mass is 10.1. The lowest BCUT2D eigenvalue weighted by molar-refractivity contribution is -0.385. The van der Waals surface area contributed by atoms with Gasteiger partial charge in [0.15, 0.2) is 6.04 Å². The van der Waals surface area contributed by atoms with Gasteiger partial charge in [-0.25, -0.2) is 9.18 Å². The zero-order chi connectivity index (χ0) is 17.6. The summed E-state index contributed by atoms with van der Waals surface area (Å²) in [6.07, 6.45) is 1.39. The molecular weight excluding hydrogens is 311 g/mol. The maximum atomic E-state index is 13.4. The second-order valence-electron chi connectivity index (χ2n) is 4.57. The minimum absolute atomic E-state index is 0.0464. The summed E-state index contributed by atoms with van der Waals surface area (Å²) in [7, 11) is 0. The lowest BCUT2D eigenvalue weighted by Gasteiger charge is -2.14. The van der Waals surface area contributed by atoms with Gasteiger partial charge in [0.2, 0.25) is 0 Å². The molecule has 0 aliphatic carbocycles. The van der Waals surface area contributed by atoms with Gasteiger partial charge in [0.05, 0.1) is 18.1 Å². The summed E-state index contributed by atoms with van der Waals surface area (Å²) in [6.45, 7) is 4.36. The van der Waals surface area contributed by atoms with Crippen molar-refractivity contribution in [2.45, 2.75) is 13.0 Å². The molecule has 124 valence electrons. The summed E-state index contributed by atoms with van der Waals surface area (Å²) < 4.78 is 18.4. The SMILES string of the molecule is C=CCOCC(NC(=O)c1cc(F)cc(C)c1[N+](=O)[O-])C(=O)O. The van der Waals surface area contributed by atoms with Crippen molar-refractivity contribution < 1.29 is 28.7 Å². The first-order valence-electron chi connectivity index (χ1n) is 6.44. The van der Waals surface area contributed by atoms with Crippen molar-refractivity contribution in [3.05, 3.63) is 51.8 Å². The van der Waals surface area contributed by atoms with Crippen molar-refractivity contribution >= 4 is 17.6 Å². The summed E-state index contributed by atoms with van der Waals surface area (Å²) in [5, 5.41) is 22.1. The molecular formula is C14H15FN2O6. The molecule has 1 aromatic carbocycles. The van der Waals surface area contributed by atoms with E-state index >= 15 is 0 Å². The Morgan fingerprint density at radius 1 is 1.57 bits per heavy atom. The normalized spacial score (nSPS) is 11.6. The molecule has 0 aromatic heterocycles. The van der Waals surface area contributed by atoms with Crippen molar-refractivity contribution in [2.24, 2.45) is 0 Å². The number of carboxylic acids is 1. The van der Waals surface area contributed by atoms with Crippen LogP contribution < -0.4 is 5.32 Å². The molecule has 8 nitrogen and oxygen atoms in total. The largest absolute Gasteiger partial charge is 0.480 e. The Hall–Kier alpha value is -2.81. The van der Waals surface area contributed by atoms with E-state index in [1.54, 1.807) is 0 Å². The summed E-state index contributed by atoms with van der Waals surface area (Å²) in [6, 6.07) is 0.159. The first-order valence-corrected chi connectivity index (χ1v) is 6.44. The number of rotatable bonds is 8. The molecule has 1 aromatic rings. The quantitative estimate of drug-likeness (QED) is 0.323. The van der Waals surface area contributed by atoms with Crippen molar-refractivity contribution in [2.75, 3.05) is 13.2 Å². The van der Waals surface area contributed by atoms with Crippen LogP contribution in [0.25, 0.3) is 0 Å². The van der Waals surface area contributed by atoms with E-state index in [0.29, 0.717) is 6.07 Å². The van der Waals surface area contributed by atoms with Crippen LogP contribution in [-0.2, 0) is 9.53 Å². The van der Waals surface area contributed by atoms with Gasteiger partial charge in [-0.2, -0.15) is 0 Å². The second kappa shape index (κ2) is 7.99. The van der Waals surface area contributed by atoms with Crippen molar-refractivity contribution in [3.8, 4) is 0 Å². The van der Waals surface area contributed by atoms with Gasteiger partial charge < -0.3 is 15.2 Å². The smallest absolute Gasteiger partial charge is 0.328 e. The van der Waals surface area contributed by atoms with Gasteiger partial charge in [-0.15, -0.1) is 6.58 Å². The number of carbonyl (C=O) groups excluding carboxylic acids is 1. The van der Waals surface area contributed by atoms with Crippen molar-refractivity contribution in [1.29, 1.82) is 0 Å². The average molecular weight is 326 g/mol. The van der Waals surface area contributed by atoms with Gasteiger partial charge in [-0.1, -0.05) is 6.08 Å². The highest BCUT2D eigenvalue weighted by Crippen LogP contribution is 2.24. The van der Waals surface area contributed by atoms with Crippen molar-refractivity contribution in [1.82, 2.24) is 5.32 Å². The van der Waals surface area contributed by atoms with E-state index in [2.05, 4.69) is 11.9 Å². The molecule has 0 saturated heterocycles. The van der Waals surface area contributed by atoms with E-state index in [1.165, 1.54) is 13.0 Å². The number of amides is 1. The molecule has 0 heterocycles. The molecule has 0 fully saturated rings. The van der Waals surface area contributed by atoms with Crippen LogP contribution in [0.4, 0.5) is 10.1 Å². The highest BCUT2D eigenvalue weighted by atomic mass is 19.1. The molecule has 23 heavy (non-hydrogen) atoms. The number of nitro benzene ring substituents is 1. The lowest BCUT2D eigenvalue weighted by Crippen LogP contribution is -2.44. The fourth-order valence-electron chi connectivity index (χ4n) is 1.83. The predicted molar refractivity (Wildman–Crippen MR) is 77.7 cm³/mol. The molecule has 1 atom stereocenters. The molecule has 0 radical (unpaired) electrons. The summed E-state index contributed by atoms with van der Waals surface area (Å²) in [5.74, 6) is -3.31. The number of halogens is 1. The Bertz CT molecular complexity index is 646. The molecule has 0 bridgehead atoms. The minimum Gasteiger partial charge on any atom is -0.480 e. The van der Waals surface area contributed by atoms with Crippen LogP contribution in [0.15, 0.2) is 24.8 Å². The molecule has 0 spiro atoms. The molecule has 0 saturated carbocycles. The maximum absolute atomic E-state index is 13.4. The predicted octanol–water partition coefficient (Wildman–Crippen LogP) is 1.43. The van der Waals surface area contributed by atoms with E-state index in [0.717, 1.165) is 6.07 Å². The van der Waals surface area contributed by atoms with Gasteiger partial charge in [0, 0.05) is 5.56 Å². The summed E-state index contributed by atoms with van der Waals surface area (Å²) in [5.41, 5.74) is -1.18. The van der Waals surface area contributed by atoms with Crippen LogP contribution in [-0.4, -0.2) is 41.2 Å². The van der Waals surface area contributed by atoms with Crippen LogP contribution in [0.5, 0.6) is 0 Å². The first kappa shape index (κ1) is 18.2. The van der Waals surface area contributed by atoms with Crippen LogP contribution in [0.1, 0.15) is 15.9 Å². The second-order valence-corrected chi connectivity index (χ2v) is 4.57. The molecule has 1 amide bonds. The Morgan fingerprint density at radius 3 is 2.74 bits per heavy atom. The number of hydrogen-bond acceptors (Lipinski definition) is 5. The standard InChI is InChI=1S/C14H15FN2O6/c1-3-4-23-7-11(14(19)20)16-13(18)10-6-9(15)5-8(2)12(10)17(21)22/h3,5-6,11H,1,4,7H2,2H3,(H,16,18)(H,19,20). The molecule has 1 rings (SSSR count).